The van der Waals surface area contributed by atoms with E-state index < -0.39 is 7.38 Å². The van der Waals surface area contributed by atoms with Crippen molar-refractivity contribution in [1.29, 1.82) is 0 Å². The van der Waals surface area contributed by atoms with E-state index in [0.29, 0.717) is 0 Å². The Balaban J connectivity index is 1.94. The van der Waals surface area contributed by atoms with Gasteiger partial charge in [-0.3, -0.25) is 0 Å². The highest BCUT2D eigenvalue weighted by Gasteiger charge is 2.39. The number of fused-ring (bicyclic) bond motifs is 2. The summed E-state index contributed by atoms with van der Waals surface area (Å²) < 4.78 is 0. The van der Waals surface area contributed by atoms with Crippen molar-refractivity contribution in [3.05, 3.63) is 12.2 Å². The first kappa shape index (κ1) is 9.79. The molecule has 1 fully saturated rings. The first-order chi connectivity index (χ1) is 6.11. The third-order valence-corrected chi connectivity index (χ3v) is 7.96. The molecule has 0 heterocycles. The monoisotopic (exact) mass is 214 g/mol. The van der Waals surface area contributed by atoms with Crippen molar-refractivity contribution in [3.63, 3.8) is 0 Å². The summed E-state index contributed by atoms with van der Waals surface area (Å²) in [5, 5.41) is 0. The summed E-state index contributed by atoms with van der Waals surface area (Å²) in [4.78, 5) is 0. The molecule has 0 saturated heterocycles. The Hall–Kier alpha value is 0.247. The molecule has 0 aromatic heterocycles. The summed E-state index contributed by atoms with van der Waals surface area (Å²) in [5.41, 5.74) is 0. The van der Waals surface area contributed by atoms with Crippen molar-refractivity contribution in [1.82, 2.24) is 0 Å². The predicted molar refractivity (Wildman–Crippen MR) is 61.6 cm³/mol. The van der Waals surface area contributed by atoms with Crippen LogP contribution in [0, 0.1) is 17.8 Å². The Morgan fingerprint density at radius 3 is 2.62 bits per heavy atom. The number of halogens is 1. The van der Waals surface area contributed by atoms with Crippen LogP contribution < -0.4 is 0 Å². The maximum atomic E-state index is 6.55. The molecule has 0 N–H and O–H groups in total. The number of allylic oxidation sites excluding steroid dienone is 2. The lowest BCUT2D eigenvalue weighted by Gasteiger charge is -2.25. The van der Waals surface area contributed by atoms with Crippen LogP contribution in [0.25, 0.3) is 0 Å². The van der Waals surface area contributed by atoms with E-state index in [1.807, 2.05) is 0 Å². The minimum Gasteiger partial charge on any atom is -0.167 e. The Labute approximate surface area is 87.1 Å². The van der Waals surface area contributed by atoms with Crippen LogP contribution in [0.3, 0.4) is 0 Å². The number of hydrogen-bond acceptors (Lipinski definition) is 0. The molecule has 13 heavy (non-hydrogen) atoms. The third-order valence-electron chi connectivity index (χ3n) is 3.84. The van der Waals surface area contributed by atoms with E-state index in [1.54, 1.807) is 0 Å². The molecule has 2 aliphatic carbocycles. The lowest BCUT2D eigenvalue weighted by atomic mass is 9.96. The van der Waals surface area contributed by atoms with Crippen molar-refractivity contribution in [2.24, 2.45) is 17.8 Å². The maximum absolute atomic E-state index is 6.55. The van der Waals surface area contributed by atoms with Gasteiger partial charge in [0, 0.05) is 0 Å². The lowest BCUT2D eigenvalue weighted by molar-refractivity contribution is 0.488. The molecule has 1 saturated carbocycles. The highest BCUT2D eigenvalue weighted by Crippen LogP contribution is 2.47. The molecule has 74 valence electrons. The quantitative estimate of drug-likeness (QED) is 0.378. The van der Waals surface area contributed by atoms with E-state index in [4.69, 9.17) is 11.1 Å². The molecule has 2 heteroatoms. The van der Waals surface area contributed by atoms with E-state index >= 15 is 0 Å². The molecular weight excluding hydrogens is 196 g/mol. The van der Waals surface area contributed by atoms with Gasteiger partial charge >= 0.3 is 0 Å². The van der Waals surface area contributed by atoms with E-state index in [1.165, 1.54) is 24.9 Å². The highest BCUT2D eigenvalue weighted by atomic mass is 35.6. The molecule has 0 aromatic rings. The van der Waals surface area contributed by atoms with Gasteiger partial charge in [0.1, 0.15) is 0 Å². The largest absolute Gasteiger partial charge is 0.167 e. The van der Waals surface area contributed by atoms with E-state index in [-0.39, 0.29) is 0 Å². The molecule has 2 aliphatic rings. The van der Waals surface area contributed by atoms with Crippen LogP contribution in [0.5, 0.6) is 0 Å². The molecule has 2 bridgehead atoms. The Kier molecular flexibility index (Phi) is 2.58. The second-order valence-electron chi connectivity index (χ2n) is 5.01. The van der Waals surface area contributed by atoms with Gasteiger partial charge in [-0.25, -0.2) is 0 Å². The predicted octanol–water partition coefficient (Wildman–Crippen LogP) is 4.03. The Morgan fingerprint density at radius 1 is 1.38 bits per heavy atom. The Bertz CT molecular complexity index is 222. The summed E-state index contributed by atoms with van der Waals surface area (Å²) >= 11 is 6.55. The van der Waals surface area contributed by atoms with E-state index in [0.717, 1.165) is 17.8 Å². The second kappa shape index (κ2) is 3.43. The van der Waals surface area contributed by atoms with Gasteiger partial charge in [0.15, 0.2) is 7.38 Å². The molecule has 0 amide bonds. The van der Waals surface area contributed by atoms with Crippen LogP contribution in [-0.4, -0.2) is 7.38 Å². The van der Waals surface area contributed by atoms with E-state index in [9.17, 15) is 0 Å². The third kappa shape index (κ3) is 2.02. The van der Waals surface area contributed by atoms with Crippen molar-refractivity contribution in [2.75, 3.05) is 0 Å². The average molecular weight is 215 g/mol. The zero-order valence-corrected chi connectivity index (χ0v) is 10.3. The minimum absolute atomic E-state index is 0.891. The smallest absolute Gasteiger partial charge is 0.153 e. The topological polar surface area (TPSA) is 0 Å². The van der Waals surface area contributed by atoms with Crippen molar-refractivity contribution in [3.8, 4) is 0 Å². The molecule has 0 nitrogen and oxygen atoms in total. The normalized spacial score (nSPS) is 41.0. The van der Waals surface area contributed by atoms with Gasteiger partial charge < -0.3 is 0 Å². The zero-order chi connectivity index (χ0) is 9.47. The number of hydrogen-bond donors (Lipinski definition) is 0. The van der Waals surface area contributed by atoms with Gasteiger partial charge in [0.05, 0.1) is 0 Å². The van der Waals surface area contributed by atoms with Crippen LogP contribution in [0.15, 0.2) is 12.2 Å². The second-order valence-corrected chi connectivity index (χ2v) is 11.7. The zero-order valence-electron chi connectivity index (χ0n) is 8.59. The molecule has 0 aromatic carbocycles. The lowest BCUT2D eigenvalue weighted by Crippen LogP contribution is -2.26. The summed E-state index contributed by atoms with van der Waals surface area (Å²) in [6.07, 6.45) is 7.71. The first-order valence-electron chi connectivity index (χ1n) is 5.48. The molecule has 2 rings (SSSR count). The van der Waals surface area contributed by atoms with Crippen LogP contribution in [-0.2, 0) is 0 Å². The first-order valence-corrected chi connectivity index (χ1v) is 9.40. The Morgan fingerprint density at radius 2 is 2.15 bits per heavy atom. The highest BCUT2D eigenvalue weighted by molar-refractivity contribution is 7.19. The van der Waals surface area contributed by atoms with E-state index in [2.05, 4.69) is 25.6 Å². The standard InChI is InChI=1S/C11H19ClSi/c1-3-13(2,12)8-11-7-9-4-5-10(11)6-9/h4-5,9-11H,3,6-8H2,1-2H3/t9-,10-,11+,13?/m0/s1. The summed E-state index contributed by atoms with van der Waals surface area (Å²) in [6.45, 7) is 4.58. The summed E-state index contributed by atoms with van der Waals surface area (Å²) in [5.74, 6) is 2.74. The van der Waals surface area contributed by atoms with Crippen LogP contribution >= 0.6 is 11.1 Å². The number of rotatable bonds is 3. The molecule has 0 aliphatic heterocycles. The van der Waals surface area contributed by atoms with Crippen LogP contribution in [0.4, 0.5) is 0 Å². The van der Waals surface area contributed by atoms with Gasteiger partial charge in [-0.1, -0.05) is 25.6 Å². The fraction of sp³-hybridized carbons (Fsp3) is 0.818. The van der Waals surface area contributed by atoms with Crippen LogP contribution in [0.1, 0.15) is 19.8 Å². The minimum atomic E-state index is -1.34. The van der Waals surface area contributed by atoms with Crippen molar-refractivity contribution >= 4 is 18.5 Å². The maximum Gasteiger partial charge on any atom is 0.153 e. The fourth-order valence-electron chi connectivity index (χ4n) is 2.82. The SMILES string of the molecule is CC[Si](C)(Cl)C[C@H]1C[C@H]2C=C[C@H]1C2. The molecule has 0 radical (unpaired) electrons. The molecular formula is C11H19ClSi. The molecule has 4 atom stereocenters. The average Bonchev–Trinajstić information content (AvgIpc) is 2.64. The van der Waals surface area contributed by atoms with Crippen molar-refractivity contribution in [2.45, 2.75) is 38.4 Å². The van der Waals surface area contributed by atoms with Crippen molar-refractivity contribution < 1.29 is 0 Å². The van der Waals surface area contributed by atoms with Gasteiger partial charge in [-0.05, 0) is 42.7 Å². The van der Waals surface area contributed by atoms with Gasteiger partial charge in [0.2, 0.25) is 0 Å². The fourth-order valence-corrected chi connectivity index (χ4v) is 5.27. The molecule has 1 unspecified atom stereocenters. The van der Waals surface area contributed by atoms with Crippen LogP contribution in [0.2, 0.25) is 18.6 Å². The van der Waals surface area contributed by atoms with Gasteiger partial charge in [0.25, 0.3) is 0 Å². The van der Waals surface area contributed by atoms with Gasteiger partial charge in [-0.15, -0.1) is 0 Å². The molecule has 0 spiro atoms. The van der Waals surface area contributed by atoms with Gasteiger partial charge in [-0.2, -0.15) is 11.1 Å². The summed E-state index contributed by atoms with van der Waals surface area (Å²) in [7, 11) is -1.34. The summed E-state index contributed by atoms with van der Waals surface area (Å²) in [6, 6.07) is 2.57.